The van der Waals surface area contributed by atoms with Crippen LogP contribution < -0.4 is 15.8 Å². The fourth-order valence-corrected chi connectivity index (χ4v) is 1.78. The van der Waals surface area contributed by atoms with Crippen LogP contribution in [0.4, 0.5) is 34.6 Å². The zero-order chi connectivity index (χ0) is 15.6. The lowest BCUT2D eigenvalue weighted by atomic mass is 10.2. The van der Waals surface area contributed by atoms with E-state index >= 15 is 0 Å². The number of halogens is 5. The van der Waals surface area contributed by atoms with Crippen LogP contribution in [0.1, 0.15) is 0 Å². The molecule has 0 amide bonds. The van der Waals surface area contributed by atoms with E-state index in [1.165, 1.54) is 18.2 Å². The van der Waals surface area contributed by atoms with E-state index in [1.807, 2.05) is 0 Å². The Kier molecular flexibility index (Phi) is 4.42. The van der Waals surface area contributed by atoms with E-state index in [2.05, 4.69) is 10.1 Å². The smallest absolute Gasteiger partial charge is 0.387 e. The Balaban J connectivity index is 2.37. The second-order valence-electron chi connectivity index (χ2n) is 3.97. The maximum atomic E-state index is 13.7. The minimum absolute atomic E-state index is 0.00761. The number of nitrogen functional groups attached to an aromatic ring is 1. The first-order valence-corrected chi connectivity index (χ1v) is 6.01. The van der Waals surface area contributed by atoms with Gasteiger partial charge in [0.25, 0.3) is 0 Å². The van der Waals surface area contributed by atoms with Gasteiger partial charge in [-0.25, -0.2) is 8.78 Å². The summed E-state index contributed by atoms with van der Waals surface area (Å²) in [7, 11) is 0. The molecule has 0 aliphatic rings. The summed E-state index contributed by atoms with van der Waals surface area (Å²) < 4.78 is 55.5. The molecule has 0 unspecified atom stereocenters. The van der Waals surface area contributed by atoms with Crippen LogP contribution in [0.15, 0.2) is 30.3 Å². The first kappa shape index (κ1) is 15.2. The predicted octanol–water partition coefficient (Wildman–Crippen LogP) is 4.55. The van der Waals surface area contributed by atoms with E-state index in [0.717, 1.165) is 12.1 Å². The molecule has 0 saturated heterocycles. The summed E-state index contributed by atoms with van der Waals surface area (Å²) in [6.45, 7) is -3.20. The molecule has 0 radical (unpaired) electrons. The van der Waals surface area contributed by atoms with E-state index < -0.39 is 24.0 Å². The molecule has 0 bridgehead atoms. The molecule has 0 aromatic heterocycles. The summed E-state index contributed by atoms with van der Waals surface area (Å²) in [6.07, 6.45) is 0. The van der Waals surface area contributed by atoms with Gasteiger partial charge in [-0.1, -0.05) is 17.7 Å². The van der Waals surface area contributed by atoms with Crippen molar-refractivity contribution in [3.63, 3.8) is 0 Å². The molecule has 2 rings (SSSR count). The number of hydrogen-bond donors (Lipinski definition) is 2. The van der Waals surface area contributed by atoms with Crippen LogP contribution in [0, 0.1) is 11.6 Å². The normalized spacial score (nSPS) is 10.8. The Morgan fingerprint density at radius 1 is 1.14 bits per heavy atom. The van der Waals surface area contributed by atoms with Gasteiger partial charge >= 0.3 is 6.61 Å². The van der Waals surface area contributed by atoms with Gasteiger partial charge < -0.3 is 15.8 Å². The van der Waals surface area contributed by atoms with Gasteiger partial charge in [0.2, 0.25) is 0 Å². The fraction of sp³-hybridized carbons (Fsp3) is 0.0769. The molecule has 0 fully saturated rings. The van der Waals surface area contributed by atoms with Crippen molar-refractivity contribution < 1.29 is 22.3 Å². The monoisotopic (exact) mass is 320 g/mol. The molecular weight excluding hydrogens is 312 g/mol. The number of nitrogens with two attached hydrogens (primary N) is 1. The van der Waals surface area contributed by atoms with Crippen LogP contribution in [0.2, 0.25) is 5.02 Å². The van der Waals surface area contributed by atoms with Gasteiger partial charge in [-0.3, -0.25) is 0 Å². The number of alkyl halides is 2. The topological polar surface area (TPSA) is 47.3 Å². The Labute approximate surface area is 122 Å². The van der Waals surface area contributed by atoms with Crippen molar-refractivity contribution in [1.82, 2.24) is 0 Å². The van der Waals surface area contributed by atoms with E-state index in [4.69, 9.17) is 17.3 Å². The summed E-state index contributed by atoms with van der Waals surface area (Å²) >= 11 is 5.62. The lowest BCUT2D eigenvalue weighted by Gasteiger charge is -2.13. The third-order valence-corrected chi connectivity index (χ3v) is 2.83. The van der Waals surface area contributed by atoms with Crippen LogP contribution in [0.3, 0.4) is 0 Å². The van der Waals surface area contributed by atoms with Crippen LogP contribution in [-0.2, 0) is 0 Å². The average molecular weight is 321 g/mol. The van der Waals surface area contributed by atoms with E-state index in [0.29, 0.717) is 0 Å². The van der Waals surface area contributed by atoms with Crippen LogP contribution in [-0.4, -0.2) is 6.61 Å². The molecule has 3 nitrogen and oxygen atoms in total. The lowest BCUT2D eigenvalue weighted by molar-refractivity contribution is -0.0521. The van der Waals surface area contributed by atoms with Crippen molar-refractivity contribution in [2.45, 2.75) is 6.61 Å². The predicted molar refractivity (Wildman–Crippen MR) is 72.1 cm³/mol. The Bertz CT molecular complexity index is 667. The van der Waals surface area contributed by atoms with Crippen molar-refractivity contribution in [3.05, 3.63) is 47.0 Å². The summed E-state index contributed by atoms with van der Waals surface area (Å²) in [5.41, 5.74) is 5.42. The average Bonchev–Trinajstić information content (AvgIpc) is 2.40. The highest BCUT2D eigenvalue weighted by Crippen LogP contribution is 2.33. The second kappa shape index (κ2) is 6.09. The molecule has 21 heavy (non-hydrogen) atoms. The molecule has 2 aromatic rings. The molecule has 112 valence electrons. The van der Waals surface area contributed by atoms with Crippen LogP contribution in [0.25, 0.3) is 0 Å². The fourth-order valence-electron chi connectivity index (χ4n) is 1.61. The molecule has 2 aromatic carbocycles. The van der Waals surface area contributed by atoms with Crippen molar-refractivity contribution in [3.8, 4) is 5.75 Å². The molecule has 0 heterocycles. The quantitative estimate of drug-likeness (QED) is 0.642. The van der Waals surface area contributed by atoms with Gasteiger partial charge in [0.1, 0.15) is 0 Å². The molecule has 0 atom stereocenters. The van der Waals surface area contributed by atoms with Gasteiger partial charge in [0, 0.05) is 12.1 Å². The summed E-state index contributed by atoms with van der Waals surface area (Å²) in [6, 6.07) is 5.88. The summed E-state index contributed by atoms with van der Waals surface area (Å²) in [4.78, 5) is 0. The molecule has 0 spiro atoms. The molecular formula is C13H9ClF4N2O. The van der Waals surface area contributed by atoms with E-state index in [9.17, 15) is 17.6 Å². The number of anilines is 3. The number of nitrogens with one attached hydrogen (secondary N) is 1. The molecule has 8 heteroatoms. The third kappa shape index (κ3) is 3.49. The van der Waals surface area contributed by atoms with Gasteiger partial charge in [-0.2, -0.15) is 8.78 Å². The Morgan fingerprint density at radius 3 is 2.52 bits per heavy atom. The number of ether oxygens (including phenoxy) is 1. The number of benzene rings is 2. The van der Waals surface area contributed by atoms with Gasteiger partial charge in [0.15, 0.2) is 17.4 Å². The molecule has 0 aliphatic heterocycles. The molecule has 3 N–H and O–H groups in total. The largest absolute Gasteiger partial charge is 0.432 e. The van der Waals surface area contributed by atoms with Crippen molar-refractivity contribution >= 4 is 28.7 Å². The van der Waals surface area contributed by atoms with E-state index in [-0.39, 0.29) is 22.1 Å². The highest BCUT2D eigenvalue weighted by atomic mass is 35.5. The zero-order valence-electron chi connectivity index (χ0n) is 10.3. The van der Waals surface area contributed by atoms with Crippen LogP contribution >= 0.6 is 11.6 Å². The minimum Gasteiger partial charge on any atom is -0.432 e. The number of rotatable bonds is 4. The van der Waals surface area contributed by atoms with Gasteiger partial charge in [-0.15, -0.1) is 0 Å². The minimum atomic E-state index is -3.20. The second-order valence-corrected chi connectivity index (χ2v) is 4.38. The van der Waals surface area contributed by atoms with Crippen LogP contribution in [0.5, 0.6) is 5.75 Å². The molecule has 0 aliphatic carbocycles. The Morgan fingerprint density at radius 2 is 1.86 bits per heavy atom. The summed E-state index contributed by atoms with van der Waals surface area (Å²) in [5, 5.41) is 2.41. The Hall–Kier alpha value is -2.15. The maximum Gasteiger partial charge on any atom is 0.387 e. The summed E-state index contributed by atoms with van der Waals surface area (Å²) in [5.74, 6) is -2.51. The lowest BCUT2D eigenvalue weighted by Crippen LogP contribution is -2.06. The van der Waals surface area contributed by atoms with Crippen molar-refractivity contribution in [2.24, 2.45) is 0 Å². The third-order valence-electron chi connectivity index (χ3n) is 2.54. The first-order valence-electron chi connectivity index (χ1n) is 5.63. The van der Waals surface area contributed by atoms with Gasteiger partial charge in [-0.05, 0) is 12.1 Å². The standard InChI is InChI=1S/C13H9ClF4N2O/c14-6-2-1-3-9(12(6)16)20-10-5-11(21-13(17)18)7(15)4-8(10)19/h1-5,13,20H,19H2. The van der Waals surface area contributed by atoms with Gasteiger partial charge in [0.05, 0.1) is 22.1 Å². The van der Waals surface area contributed by atoms with Crippen molar-refractivity contribution in [1.29, 1.82) is 0 Å². The first-order chi connectivity index (χ1) is 9.88. The SMILES string of the molecule is Nc1cc(F)c(OC(F)F)cc1Nc1cccc(Cl)c1F. The highest BCUT2D eigenvalue weighted by Gasteiger charge is 2.15. The van der Waals surface area contributed by atoms with E-state index in [1.54, 1.807) is 0 Å². The highest BCUT2D eigenvalue weighted by molar-refractivity contribution is 6.31. The van der Waals surface area contributed by atoms with Crippen molar-refractivity contribution in [2.75, 3.05) is 11.1 Å². The number of hydrogen-bond acceptors (Lipinski definition) is 3. The zero-order valence-corrected chi connectivity index (χ0v) is 11.1. The maximum absolute atomic E-state index is 13.7. The molecule has 0 saturated carbocycles.